The Labute approximate surface area is 132 Å². The standard InChI is InChI=1S/C18H22ClNO/c1-11-6-8-14(16(19)10-11)17(20-4)15-9-7-12(2)13(3)18(15)21-5/h6-10,17,20H,1-5H3. The second-order valence-electron chi connectivity index (χ2n) is 5.38. The average Bonchev–Trinajstić information content (AvgIpc) is 2.45. The number of hydrogen-bond donors (Lipinski definition) is 1. The van der Waals surface area contributed by atoms with Crippen LogP contribution in [0.4, 0.5) is 0 Å². The largest absolute Gasteiger partial charge is 0.496 e. The first-order valence-electron chi connectivity index (χ1n) is 7.07. The molecule has 0 aromatic heterocycles. The van der Waals surface area contributed by atoms with E-state index in [-0.39, 0.29) is 6.04 Å². The van der Waals surface area contributed by atoms with E-state index in [1.54, 1.807) is 7.11 Å². The van der Waals surface area contributed by atoms with Crippen molar-refractivity contribution in [3.8, 4) is 5.75 Å². The third kappa shape index (κ3) is 3.07. The highest BCUT2D eigenvalue weighted by Gasteiger charge is 2.20. The van der Waals surface area contributed by atoms with Crippen LogP contribution >= 0.6 is 11.6 Å². The van der Waals surface area contributed by atoms with E-state index in [0.29, 0.717) is 0 Å². The summed E-state index contributed by atoms with van der Waals surface area (Å²) in [6.07, 6.45) is 0. The maximum absolute atomic E-state index is 6.44. The highest BCUT2D eigenvalue weighted by atomic mass is 35.5. The predicted octanol–water partition coefficient (Wildman–Crippen LogP) is 4.58. The van der Waals surface area contributed by atoms with Crippen molar-refractivity contribution in [1.82, 2.24) is 5.32 Å². The number of rotatable bonds is 4. The van der Waals surface area contributed by atoms with E-state index in [2.05, 4.69) is 43.4 Å². The van der Waals surface area contributed by atoms with E-state index in [1.807, 2.05) is 20.0 Å². The van der Waals surface area contributed by atoms with Crippen LogP contribution in [0.25, 0.3) is 0 Å². The summed E-state index contributed by atoms with van der Waals surface area (Å²) in [6.45, 7) is 6.22. The predicted molar refractivity (Wildman–Crippen MR) is 89.6 cm³/mol. The third-order valence-electron chi connectivity index (χ3n) is 3.98. The molecule has 2 nitrogen and oxygen atoms in total. The number of aryl methyl sites for hydroxylation is 2. The van der Waals surface area contributed by atoms with Gasteiger partial charge in [-0.15, -0.1) is 0 Å². The van der Waals surface area contributed by atoms with Crippen LogP contribution < -0.4 is 10.1 Å². The molecule has 0 saturated carbocycles. The Morgan fingerprint density at radius 1 is 1.05 bits per heavy atom. The lowest BCUT2D eigenvalue weighted by Crippen LogP contribution is -2.19. The minimum atomic E-state index is 0.00681. The Morgan fingerprint density at radius 3 is 2.29 bits per heavy atom. The minimum Gasteiger partial charge on any atom is -0.496 e. The number of halogens is 1. The van der Waals surface area contributed by atoms with Crippen LogP contribution in [0.3, 0.4) is 0 Å². The number of benzene rings is 2. The zero-order chi connectivity index (χ0) is 15.6. The van der Waals surface area contributed by atoms with Gasteiger partial charge in [-0.3, -0.25) is 0 Å². The van der Waals surface area contributed by atoms with Crippen LogP contribution in [-0.2, 0) is 0 Å². The number of ether oxygens (including phenoxy) is 1. The molecule has 2 aromatic rings. The quantitative estimate of drug-likeness (QED) is 0.892. The van der Waals surface area contributed by atoms with Gasteiger partial charge in [-0.25, -0.2) is 0 Å². The van der Waals surface area contributed by atoms with Gasteiger partial charge in [-0.1, -0.05) is 35.9 Å². The fourth-order valence-electron chi connectivity index (χ4n) is 2.65. The van der Waals surface area contributed by atoms with Gasteiger partial charge in [0.1, 0.15) is 5.75 Å². The molecule has 0 saturated heterocycles. The Morgan fingerprint density at radius 2 is 1.71 bits per heavy atom. The van der Waals surface area contributed by atoms with Crippen LogP contribution in [0, 0.1) is 20.8 Å². The normalized spacial score (nSPS) is 12.3. The zero-order valence-corrected chi connectivity index (χ0v) is 14.0. The molecule has 0 aliphatic heterocycles. The molecule has 3 heteroatoms. The molecular weight excluding hydrogens is 282 g/mol. The molecule has 0 aliphatic carbocycles. The van der Waals surface area contributed by atoms with Gasteiger partial charge in [0.05, 0.1) is 13.2 Å². The first-order chi connectivity index (χ1) is 9.99. The molecule has 0 amide bonds. The van der Waals surface area contributed by atoms with Crippen molar-refractivity contribution >= 4 is 11.6 Å². The Hall–Kier alpha value is -1.51. The zero-order valence-electron chi connectivity index (χ0n) is 13.3. The SMILES string of the molecule is CNC(c1ccc(C)cc1Cl)c1ccc(C)c(C)c1OC. The Kier molecular flexibility index (Phi) is 4.92. The fraction of sp³-hybridized carbons (Fsp3) is 0.333. The van der Waals surface area contributed by atoms with Crippen molar-refractivity contribution in [3.63, 3.8) is 0 Å². The minimum absolute atomic E-state index is 0.00681. The molecule has 0 spiro atoms. The molecule has 112 valence electrons. The molecule has 1 N–H and O–H groups in total. The molecule has 0 heterocycles. The van der Waals surface area contributed by atoms with Gasteiger partial charge in [0.15, 0.2) is 0 Å². The van der Waals surface area contributed by atoms with E-state index in [1.165, 1.54) is 11.1 Å². The van der Waals surface area contributed by atoms with Gasteiger partial charge in [-0.05, 0) is 56.1 Å². The highest BCUT2D eigenvalue weighted by molar-refractivity contribution is 6.31. The summed E-state index contributed by atoms with van der Waals surface area (Å²) >= 11 is 6.44. The summed E-state index contributed by atoms with van der Waals surface area (Å²) in [5.74, 6) is 0.922. The van der Waals surface area contributed by atoms with Gasteiger partial charge in [-0.2, -0.15) is 0 Å². The van der Waals surface area contributed by atoms with Crippen molar-refractivity contribution in [1.29, 1.82) is 0 Å². The Bertz CT molecular complexity index is 652. The number of nitrogens with one attached hydrogen (secondary N) is 1. The smallest absolute Gasteiger partial charge is 0.127 e. The number of methoxy groups -OCH3 is 1. The van der Waals surface area contributed by atoms with Gasteiger partial charge in [0.25, 0.3) is 0 Å². The summed E-state index contributed by atoms with van der Waals surface area (Å²) in [4.78, 5) is 0. The van der Waals surface area contributed by atoms with Crippen LogP contribution in [-0.4, -0.2) is 14.2 Å². The molecular formula is C18H22ClNO. The van der Waals surface area contributed by atoms with E-state index >= 15 is 0 Å². The van der Waals surface area contributed by atoms with Crippen molar-refractivity contribution in [2.75, 3.05) is 14.2 Å². The molecule has 1 unspecified atom stereocenters. The summed E-state index contributed by atoms with van der Waals surface area (Å²) in [5, 5.41) is 4.12. The summed E-state index contributed by atoms with van der Waals surface area (Å²) < 4.78 is 5.64. The van der Waals surface area contributed by atoms with Crippen molar-refractivity contribution < 1.29 is 4.74 Å². The molecule has 21 heavy (non-hydrogen) atoms. The van der Waals surface area contributed by atoms with Crippen LogP contribution in [0.5, 0.6) is 5.75 Å². The molecule has 0 aliphatic rings. The second-order valence-corrected chi connectivity index (χ2v) is 5.78. The molecule has 1 atom stereocenters. The summed E-state index contributed by atoms with van der Waals surface area (Å²) in [7, 11) is 3.66. The van der Waals surface area contributed by atoms with E-state index in [4.69, 9.17) is 16.3 Å². The first-order valence-corrected chi connectivity index (χ1v) is 7.44. The number of hydrogen-bond acceptors (Lipinski definition) is 2. The topological polar surface area (TPSA) is 21.3 Å². The molecule has 0 bridgehead atoms. The summed E-state index contributed by atoms with van der Waals surface area (Å²) in [5.41, 5.74) is 5.71. The van der Waals surface area contributed by atoms with Gasteiger partial charge in [0, 0.05) is 10.6 Å². The lowest BCUT2D eigenvalue weighted by Gasteiger charge is -2.23. The maximum atomic E-state index is 6.44. The van der Waals surface area contributed by atoms with Crippen LogP contribution in [0.1, 0.15) is 33.9 Å². The van der Waals surface area contributed by atoms with Crippen LogP contribution in [0.15, 0.2) is 30.3 Å². The Balaban J connectivity index is 2.59. The molecule has 2 aromatic carbocycles. The van der Waals surface area contributed by atoms with Crippen LogP contribution in [0.2, 0.25) is 5.02 Å². The maximum Gasteiger partial charge on any atom is 0.127 e. The van der Waals surface area contributed by atoms with Gasteiger partial charge < -0.3 is 10.1 Å². The monoisotopic (exact) mass is 303 g/mol. The second kappa shape index (κ2) is 6.50. The summed E-state index contributed by atoms with van der Waals surface area (Å²) in [6, 6.07) is 10.4. The lowest BCUT2D eigenvalue weighted by molar-refractivity contribution is 0.402. The van der Waals surface area contributed by atoms with Crippen molar-refractivity contribution in [2.45, 2.75) is 26.8 Å². The third-order valence-corrected chi connectivity index (χ3v) is 4.31. The van der Waals surface area contributed by atoms with Gasteiger partial charge in [0.2, 0.25) is 0 Å². The van der Waals surface area contributed by atoms with Crippen molar-refractivity contribution in [2.24, 2.45) is 0 Å². The van der Waals surface area contributed by atoms with E-state index in [9.17, 15) is 0 Å². The molecule has 0 fully saturated rings. The van der Waals surface area contributed by atoms with Crippen molar-refractivity contribution in [3.05, 3.63) is 63.2 Å². The highest BCUT2D eigenvalue weighted by Crippen LogP contribution is 2.36. The fourth-order valence-corrected chi connectivity index (χ4v) is 3.00. The van der Waals surface area contributed by atoms with Gasteiger partial charge >= 0.3 is 0 Å². The molecule has 2 rings (SSSR count). The first kappa shape index (κ1) is 15.9. The molecule has 0 radical (unpaired) electrons. The van der Waals surface area contributed by atoms with E-state index in [0.717, 1.165) is 27.5 Å². The van der Waals surface area contributed by atoms with E-state index < -0.39 is 0 Å². The average molecular weight is 304 g/mol. The lowest BCUT2D eigenvalue weighted by atomic mass is 9.94.